The molecule has 83 valence electrons. The molecule has 0 fully saturated rings. The van der Waals surface area contributed by atoms with Gasteiger partial charge in [-0.05, 0) is 0 Å². The summed E-state index contributed by atoms with van der Waals surface area (Å²) < 4.78 is 5.27. The Morgan fingerprint density at radius 1 is 1.38 bits per heavy atom. The number of ether oxygens (including phenoxy) is 1. The number of hydrogen-bond donors (Lipinski definition) is 0. The maximum absolute atomic E-state index is 8.32. The Labute approximate surface area is 98.8 Å². The minimum atomic E-state index is -0.585. The number of benzene rings is 1. The van der Waals surface area contributed by atoms with Crippen molar-refractivity contribution in [2.24, 2.45) is 0 Å². The van der Waals surface area contributed by atoms with Crippen LogP contribution in [0.4, 0.5) is 0 Å². The fourth-order valence-corrected chi connectivity index (χ4v) is 2.65. The number of nitriles is 1. The summed E-state index contributed by atoms with van der Waals surface area (Å²) in [5, 5.41) is 9.72. The summed E-state index contributed by atoms with van der Waals surface area (Å²) in [7, 11) is -0.585. The summed E-state index contributed by atoms with van der Waals surface area (Å²) in [6, 6.07) is 12.5. The molecule has 0 saturated carbocycles. The van der Waals surface area contributed by atoms with Gasteiger partial charge in [0.1, 0.15) is 8.80 Å². The molecule has 0 unspecified atom stereocenters. The lowest BCUT2D eigenvalue weighted by atomic mass is 10.4. The van der Waals surface area contributed by atoms with Crippen LogP contribution in [-0.4, -0.2) is 22.0 Å². The van der Waals surface area contributed by atoms with E-state index in [1.54, 1.807) is 0 Å². The highest BCUT2D eigenvalue weighted by atomic mass is 28.3. The normalized spacial score (nSPS) is 10.8. The third kappa shape index (κ3) is 4.92. The molecule has 0 aliphatic carbocycles. The zero-order chi connectivity index (χ0) is 11.6. The average molecular weight is 230 g/mol. The van der Waals surface area contributed by atoms with E-state index in [1.807, 2.05) is 6.07 Å². The summed E-state index contributed by atoms with van der Waals surface area (Å²) in [4.78, 5) is 0. The first-order valence-electron chi connectivity index (χ1n) is 5.35. The summed E-state index contributed by atoms with van der Waals surface area (Å²) in [5.74, 6) is 0. The summed E-state index contributed by atoms with van der Waals surface area (Å²) in [6.45, 7) is 3.39. The number of hydrogen-bond acceptors (Lipinski definition) is 2. The van der Waals surface area contributed by atoms with E-state index < -0.39 is 8.80 Å². The van der Waals surface area contributed by atoms with Gasteiger partial charge in [-0.15, -0.1) is 0 Å². The molecule has 0 bridgehead atoms. The van der Waals surface area contributed by atoms with Crippen molar-refractivity contribution in [3.05, 3.63) is 42.1 Å². The van der Waals surface area contributed by atoms with Gasteiger partial charge >= 0.3 is 0 Å². The molecule has 0 heterocycles. The summed E-state index contributed by atoms with van der Waals surface area (Å²) >= 11 is 0. The van der Waals surface area contributed by atoms with Gasteiger partial charge in [0.05, 0.1) is 25.7 Å². The van der Waals surface area contributed by atoms with E-state index in [-0.39, 0.29) is 0 Å². The van der Waals surface area contributed by atoms with Gasteiger partial charge in [-0.2, -0.15) is 5.26 Å². The predicted octanol–water partition coefficient (Wildman–Crippen LogP) is 2.04. The fraction of sp³-hybridized carbons (Fsp3) is 0.308. The van der Waals surface area contributed by atoms with E-state index in [0.717, 1.165) is 0 Å². The quantitative estimate of drug-likeness (QED) is 0.553. The van der Waals surface area contributed by atoms with Gasteiger partial charge in [0.2, 0.25) is 0 Å². The van der Waals surface area contributed by atoms with Crippen molar-refractivity contribution < 1.29 is 4.74 Å². The lowest BCUT2D eigenvalue weighted by Crippen LogP contribution is -2.23. The molecule has 1 aromatic carbocycles. The van der Waals surface area contributed by atoms with Crippen LogP contribution >= 0.6 is 0 Å². The minimum absolute atomic E-state index is 0.469. The number of rotatable bonds is 6. The Bertz CT molecular complexity index is 356. The molecule has 0 aliphatic heterocycles. The van der Waals surface area contributed by atoms with Gasteiger partial charge in [0.25, 0.3) is 0 Å². The van der Waals surface area contributed by atoms with Crippen molar-refractivity contribution >= 4 is 14.0 Å². The van der Waals surface area contributed by atoms with Crippen LogP contribution in [0, 0.1) is 11.3 Å². The molecule has 0 amide bonds. The first-order chi connectivity index (χ1) is 7.84. The van der Waals surface area contributed by atoms with Crippen LogP contribution in [0.2, 0.25) is 6.55 Å². The Kier molecular flexibility index (Phi) is 6.24. The van der Waals surface area contributed by atoms with Gasteiger partial charge in [-0.25, -0.2) is 0 Å². The zero-order valence-corrected chi connectivity index (χ0v) is 10.5. The van der Waals surface area contributed by atoms with Gasteiger partial charge in [-0.3, -0.25) is 0 Å². The van der Waals surface area contributed by atoms with E-state index in [4.69, 9.17) is 10.00 Å². The third-order valence-electron chi connectivity index (χ3n) is 2.17. The number of nitrogens with zero attached hydrogens (tertiary/aromatic N) is 1. The maximum atomic E-state index is 8.32. The van der Waals surface area contributed by atoms with Crippen LogP contribution < -0.4 is 5.19 Å². The molecule has 3 heteroatoms. The van der Waals surface area contributed by atoms with Crippen LogP contribution in [0.25, 0.3) is 0 Å². The molecule has 0 aliphatic rings. The van der Waals surface area contributed by atoms with Crippen LogP contribution in [-0.2, 0) is 4.74 Å². The molecule has 1 radical (unpaired) electrons. The van der Waals surface area contributed by atoms with Gasteiger partial charge in [0.15, 0.2) is 0 Å². The lowest BCUT2D eigenvalue weighted by molar-refractivity contribution is 0.168. The van der Waals surface area contributed by atoms with Gasteiger partial charge in [-0.1, -0.05) is 53.8 Å². The van der Waals surface area contributed by atoms with E-state index in [2.05, 4.69) is 48.7 Å². The first-order valence-corrected chi connectivity index (χ1v) is 7.42. The highest BCUT2D eigenvalue weighted by Crippen LogP contribution is 1.91. The second-order valence-corrected chi connectivity index (χ2v) is 5.71. The molecule has 0 aromatic heterocycles. The topological polar surface area (TPSA) is 33.0 Å². The Morgan fingerprint density at radius 2 is 2.12 bits per heavy atom. The maximum Gasteiger partial charge on any atom is 0.109 e. The van der Waals surface area contributed by atoms with Crippen molar-refractivity contribution in [3.8, 4) is 6.07 Å². The molecular weight excluding hydrogens is 214 g/mol. The highest BCUT2D eigenvalue weighted by Gasteiger charge is 2.01. The van der Waals surface area contributed by atoms with Gasteiger partial charge in [0, 0.05) is 0 Å². The van der Waals surface area contributed by atoms with Gasteiger partial charge < -0.3 is 4.74 Å². The van der Waals surface area contributed by atoms with E-state index in [0.29, 0.717) is 19.6 Å². The van der Waals surface area contributed by atoms with Crippen molar-refractivity contribution in [3.63, 3.8) is 0 Å². The largest absolute Gasteiger partial charge is 0.376 e. The Balaban J connectivity index is 2.27. The monoisotopic (exact) mass is 230 g/mol. The summed E-state index contributed by atoms with van der Waals surface area (Å²) in [5.41, 5.74) is 2.23. The van der Waals surface area contributed by atoms with E-state index in [1.165, 1.54) is 5.19 Å². The second-order valence-electron chi connectivity index (χ2n) is 3.43. The second kappa shape index (κ2) is 7.86. The molecule has 1 rings (SSSR count). The standard InChI is InChI=1S/C13H16NOSi/c1-16(13-7-3-2-4-8-13)12-6-11-15-10-5-9-14/h2-4,6-8,12H,5,10-11H2,1H3. The SMILES string of the molecule is C[Si](C=CCOCCC#N)c1ccccc1. The fourth-order valence-electron chi connectivity index (χ4n) is 1.29. The van der Waals surface area contributed by atoms with Crippen LogP contribution in [0.1, 0.15) is 6.42 Å². The molecular formula is C13H16NOSi. The first kappa shape index (κ1) is 12.7. The zero-order valence-electron chi connectivity index (χ0n) is 9.52. The van der Waals surface area contributed by atoms with Crippen LogP contribution in [0.5, 0.6) is 0 Å². The molecule has 16 heavy (non-hydrogen) atoms. The molecule has 0 saturated heterocycles. The molecule has 1 aromatic rings. The molecule has 0 N–H and O–H groups in total. The highest BCUT2D eigenvalue weighted by molar-refractivity contribution is 6.76. The smallest absolute Gasteiger partial charge is 0.109 e. The molecule has 0 atom stereocenters. The Hall–Kier alpha value is -1.37. The van der Waals surface area contributed by atoms with Crippen molar-refractivity contribution in [1.29, 1.82) is 5.26 Å². The van der Waals surface area contributed by atoms with Crippen LogP contribution in [0.15, 0.2) is 42.1 Å². The van der Waals surface area contributed by atoms with Crippen molar-refractivity contribution in [2.45, 2.75) is 13.0 Å². The van der Waals surface area contributed by atoms with Crippen molar-refractivity contribution in [2.75, 3.05) is 13.2 Å². The van der Waals surface area contributed by atoms with E-state index in [9.17, 15) is 0 Å². The molecule has 0 spiro atoms. The lowest BCUT2D eigenvalue weighted by Gasteiger charge is -2.03. The predicted molar refractivity (Wildman–Crippen MR) is 67.9 cm³/mol. The van der Waals surface area contributed by atoms with Crippen LogP contribution in [0.3, 0.4) is 0 Å². The van der Waals surface area contributed by atoms with Crippen molar-refractivity contribution in [1.82, 2.24) is 0 Å². The summed E-state index contributed by atoms with van der Waals surface area (Å²) in [6.07, 6.45) is 2.52. The average Bonchev–Trinajstić information content (AvgIpc) is 2.34. The molecule has 2 nitrogen and oxygen atoms in total. The Morgan fingerprint density at radius 3 is 2.81 bits per heavy atom. The van der Waals surface area contributed by atoms with E-state index >= 15 is 0 Å². The third-order valence-corrected chi connectivity index (χ3v) is 4.15. The minimum Gasteiger partial charge on any atom is -0.376 e.